The van der Waals surface area contributed by atoms with Crippen LogP contribution in [0.25, 0.3) is 0 Å². The highest BCUT2D eigenvalue weighted by Crippen LogP contribution is 2.25. The Morgan fingerprint density at radius 1 is 1.11 bits per heavy atom. The molecule has 0 spiro atoms. The van der Waals surface area contributed by atoms with E-state index in [9.17, 15) is 19.2 Å². The van der Waals surface area contributed by atoms with Crippen molar-refractivity contribution in [3.63, 3.8) is 0 Å². The molecule has 0 aliphatic carbocycles. The van der Waals surface area contributed by atoms with Crippen molar-refractivity contribution in [2.75, 3.05) is 6.54 Å². The molecule has 0 unspecified atom stereocenters. The van der Waals surface area contributed by atoms with E-state index in [2.05, 4.69) is 10.2 Å². The molecular formula is C18H22N2O7. The lowest BCUT2D eigenvalue weighted by Gasteiger charge is -2.14. The maximum atomic E-state index is 11.7. The number of hydroxylamine groups is 2. The van der Waals surface area contributed by atoms with Gasteiger partial charge in [-0.05, 0) is 49.1 Å². The molecule has 1 aromatic rings. The quantitative estimate of drug-likeness (QED) is 0.598. The Kier molecular flexibility index (Phi) is 6.75. The van der Waals surface area contributed by atoms with Crippen LogP contribution >= 0.6 is 0 Å². The van der Waals surface area contributed by atoms with E-state index in [-0.39, 0.29) is 19.4 Å². The molecule has 0 bridgehead atoms. The van der Waals surface area contributed by atoms with Gasteiger partial charge in [0.1, 0.15) is 12.4 Å². The van der Waals surface area contributed by atoms with Crippen LogP contribution in [0.4, 0.5) is 9.59 Å². The molecule has 0 aromatic heterocycles. The molecule has 0 atom stereocenters. The van der Waals surface area contributed by atoms with Crippen molar-refractivity contribution in [2.45, 2.75) is 46.6 Å². The summed E-state index contributed by atoms with van der Waals surface area (Å²) in [4.78, 5) is 50.8. The fourth-order valence-corrected chi connectivity index (χ4v) is 2.54. The fourth-order valence-electron chi connectivity index (χ4n) is 2.54. The minimum absolute atomic E-state index is 0.0117. The standard InChI is InChI=1S/C18H22N2O7/c1-4-7-19-17(23)26-16-11(2)8-13(9-12(16)3)10-25-18(24)27-20-14(21)5-6-15(20)22/h8-9H,4-7,10H2,1-3H3,(H,19,23). The molecule has 9 nitrogen and oxygen atoms in total. The highest BCUT2D eigenvalue weighted by atomic mass is 16.8. The number of benzene rings is 1. The lowest BCUT2D eigenvalue weighted by Crippen LogP contribution is -2.32. The van der Waals surface area contributed by atoms with Crippen LogP contribution in [0.2, 0.25) is 0 Å². The molecule has 3 amide bonds. The second-order valence-electron chi connectivity index (χ2n) is 6.09. The highest BCUT2D eigenvalue weighted by Gasteiger charge is 2.33. The minimum Gasteiger partial charge on any atom is -0.428 e. The third kappa shape index (κ3) is 5.44. The SMILES string of the molecule is CCCNC(=O)Oc1c(C)cc(COC(=O)ON2C(=O)CCC2=O)cc1C. The van der Waals surface area contributed by atoms with Crippen LogP contribution in [-0.4, -0.2) is 35.7 Å². The van der Waals surface area contributed by atoms with Crippen LogP contribution < -0.4 is 10.1 Å². The average molecular weight is 378 g/mol. The van der Waals surface area contributed by atoms with E-state index < -0.39 is 24.1 Å². The Bertz CT molecular complexity index is 721. The van der Waals surface area contributed by atoms with Crippen molar-refractivity contribution in [3.8, 4) is 5.75 Å². The van der Waals surface area contributed by atoms with E-state index >= 15 is 0 Å². The Hall–Kier alpha value is -3.10. The lowest BCUT2D eigenvalue weighted by atomic mass is 10.1. The first-order chi connectivity index (χ1) is 12.8. The molecule has 146 valence electrons. The van der Waals surface area contributed by atoms with Gasteiger partial charge in [0, 0.05) is 19.4 Å². The number of rotatable bonds is 6. The first-order valence-electron chi connectivity index (χ1n) is 8.58. The molecule has 1 saturated heterocycles. The van der Waals surface area contributed by atoms with Gasteiger partial charge in [0.2, 0.25) is 0 Å². The van der Waals surface area contributed by atoms with Gasteiger partial charge < -0.3 is 14.8 Å². The minimum atomic E-state index is -1.15. The van der Waals surface area contributed by atoms with Crippen molar-refractivity contribution in [2.24, 2.45) is 0 Å². The molecular weight excluding hydrogens is 356 g/mol. The van der Waals surface area contributed by atoms with Crippen molar-refractivity contribution >= 4 is 24.1 Å². The number of hydrogen-bond acceptors (Lipinski definition) is 7. The maximum Gasteiger partial charge on any atom is 0.534 e. The van der Waals surface area contributed by atoms with Crippen LogP contribution in [0.1, 0.15) is 42.9 Å². The Labute approximate surface area is 156 Å². The van der Waals surface area contributed by atoms with Crippen LogP contribution in [0.5, 0.6) is 5.75 Å². The number of hydrogen-bond donors (Lipinski definition) is 1. The third-order valence-electron chi connectivity index (χ3n) is 3.76. The summed E-state index contributed by atoms with van der Waals surface area (Å²) in [5.74, 6) is -0.721. The molecule has 1 aliphatic heterocycles. The zero-order valence-electron chi connectivity index (χ0n) is 15.5. The van der Waals surface area contributed by atoms with Gasteiger partial charge in [-0.15, -0.1) is 0 Å². The predicted molar refractivity (Wildman–Crippen MR) is 92.6 cm³/mol. The highest BCUT2D eigenvalue weighted by molar-refractivity contribution is 6.01. The van der Waals surface area contributed by atoms with Crippen molar-refractivity contribution in [1.82, 2.24) is 10.4 Å². The second-order valence-corrected chi connectivity index (χ2v) is 6.09. The van der Waals surface area contributed by atoms with Gasteiger partial charge in [0.05, 0.1) is 0 Å². The van der Waals surface area contributed by atoms with Crippen LogP contribution in [0, 0.1) is 13.8 Å². The van der Waals surface area contributed by atoms with E-state index in [1.54, 1.807) is 26.0 Å². The fraction of sp³-hybridized carbons (Fsp3) is 0.444. The molecule has 0 radical (unpaired) electrons. The summed E-state index contributed by atoms with van der Waals surface area (Å²) in [6, 6.07) is 3.41. The number of nitrogens with one attached hydrogen (secondary N) is 1. The number of ether oxygens (including phenoxy) is 2. The van der Waals surface area contributed by atoms with Gasteiger partial charge in [0.25, 0.3) is 11.8 Å². The van der Waals surface area contributed by atoms with Gasteiger partial charge in [-0.25, -0.2) is 9.59 Å². The maximum absolute atomic E-state index is 11.7. The topological polar surface area (TPSA) is 111 Å². The number of carbonyl (C=O) groups excluding carboxylic acids is 4. The summed E-state index contributed by atoms with van der Waals surface area (Å²) < 4.78 is 10.3. The summed E-state index contributed by atoms with van der Waals surface area (Å²) in [5, 5.41) is 3.05. The Balaban J connectivity index is 1.93. The molecule has 1 aliphatic rings. The van der Waals surface area contributed by atoms with E-state index in [0.717, 1.165) is 6.42 Å². The summed E-state index contributed by atoms with van der Waals surface area (Å²) in [7, 11) is 0. The largest absolute Gasteiger partial charge is 0.534 e. The molecule has 0 saturated carbocycles. The first-order valence-corrected chi connectivity index (χ1v) is 8.58. The zero-order valence-corrected chi connectivity index (χ0v) is 15.5. The molecule has 1 heterocycles. The lowest BCUT2D eigenvalue weighted by molar-refractivity contribution is -0.177. The van der Waals surface area contributed by atoms with Crippen LogP contribution in [0.15, 0.2) is 12.1 Å². The Morgan fingerprint density at radius 3 is 2.26 bits per heavy atom. The van der Waals surface area contributed by atoms with Crippen LogP contribution in [-0.2, 0) is 25.8 Å². The van der Waals surface area contributed by atoms with Crippen LogP contribution in [0.3, 0.4) is 0 Å². The molecule has 2 rings (SSSR count). The summed E-state index contributed by atoms with van der Waals surface area (Å²) in [6.07, 6.45) is -0.854. The van der Waals surface area contributed by atoms with Crippen molar-refractivity contribution in [1.29, 1.82) is 0 Å². The Morgan fingerprint density at radius 2 is 1.70 bits per heavy atom. The first kappa shape index (κ1) is 20.2. The van der Waals surface area contributed by atoms with Gasteiger partial charge in [-0.1, -0.05) is 12.0 Å². The molecule has 1 aromatic carbocycles. The van der Waals surface area contributed by atoms with Gasteiger partial charge in [0.15, 0.2) is 0 Å². The summed E-state index contributed by atoms with van der Waals surface area (Å²) in [6.45, 7) is 5.86. The normalized spacial score (nSPS) is 13.5. The van der Waals surface area contributed by atoms with Crippen molar-refractivity contribution in [3.05, 3.63) is 28.8 Å². The number of amides is 3. The second kappa shape index (κ2) is 9.02. The number of aryl methyl sites for hydroxylation is 2. The molecule has 1 fully saturated rings. The molecule has 1 N–H and O–H groups in total. The monoisotopic (exact) mass is 378 g/mol. The van der Waals surface area contributed by atoms with E-state index in [1.165, 1.54) is 0 Å². The van der Waals surface area contributed by atoms with Gasteiger partial charge in [-0.2, -0.15) is 0 Å². The number of imide groups is 1. The van der Waals surface area contributed by atoms with E-state index in [4.69, 9.17) is 9.47 Å². The number of carbonyl (C=O) groups is 4. The smallest absolute Gasteiger partial charge is 0.428 e. The van der Waals surface area contributed by atoms with Gasteiger partial charge in [-0.3, -0.25) is 14.4 Å². The predicted octanol–water partition coefficient (Wildman–Crippen LogP) is 2.52. The van der Waals surface area contributed by atoms with E-state index in [0.29, 0.717) is 34.0 Å². The third-order valence-corrected chi connectivity index (χ3v) is 3.76. The van der Waals surface area contributed by atoms with E-state index in [1.807, 2.05) is 6.92 Å². The summed E-state index contributed by atoms with van der Waals surface area (Å²) in [5.41, 5.74) is 2.03. The summed E-state index contributed by atoms with van der Waals surface area (Å²) >= 11 is 0. The van der Waals surface area contributed by atoms with Crippen molar-refractivity contribution < 1.29 is 33.5 Å². The average Bonchev–Trinajstić information content (AvgIpc) is 2.93. The molecule has 9 heteroatoms. The molecule has 27 heavy (non-hydrogen) atoms. The van der Waals surface area contributed by atoms with Gasteiger partial charge >= 0.3 is 12.2 Å². The number of nitrogens with zero attached hydrogens (tertiary/aromatic N) is 1. The zero-order chi connectivity index (χ0) is 20.0.